The first-order chi connectivity index (χ1) is 6.15. The van der Waals surface area contributed by atoms with Crippen LogP contribution in [0.1, 0.15) is 0 Å². The third kappa shape index (κ3) is 2.91. The molecule has 0 atom stereocenters. The van der Waals surface area contributed by atoms with Gasteiger partial charge in [0.2, 0.25) is 5.82 Å². The van der Waals surface area contributed by atoms with E-state index in [-0.39, 0.29) is 5.75 Å². The molecular formula is C8H6Br2F2O. The number of benzene rings is 1. The fourth-order valence-corrected chi connectivity index (χ4v) is 1.36. The van der Waals surface area contributed by atoms with Gasteiger partial charge in [-0.2, -0.15) is 4.39 Å². The van der Waals surface area contributed by atoms with Gasteiger partial charge < -0.3 is 4.74 Å². The van der Waals surface area contributed by atoms with Crippen molar-refractivity contribution in [2.24, 2.45) is 0 Å². The molecule has 1 nitrogen and oxygen atoms in total. The molecule has 0 aliphatic heterocycles. The predicted octanol–water partition coefficient (Wildman–Crippen LogP) is 3.50. The van der Waals surface area contributed by atoms with Crippen molar-refractivity contribution in [3.05, 3.63) is 28.2 Å². The Labute approximate surface area is 91.3 Å². The van der Waals surface area contributed by atoms with E-state index < -0.39 is 11.6 Å². The van der Waals surface area contributed by atoms with Crippen molar-refractivity contribution >= 4 is 31.9 Å². The van der Waals surface area contributed by atoms with Crippen LogP contribution in [0.15, 0.2) is 16.6 Å². The number of alkyl halides is 1. The van der Waals surface area contributed by atoms with Crippen LogP contribution in [0.25, 0.3) is 0 Å². The Morgan fingerprint density at radius 1 is 1.31 bits per heavy atom. The predicted molar refractivity (Wildman–Crippen MR) is 53.3 cm³/mol. The molecule has 0 aromatic heterocycles. The van der Waals surface area contributed by atoms with E-state index in [4.69, 9.17) is 4.74 Å². The van der Waals surface area contributed by atoms with Crippen molar-refractivity contribution in [3.63, 3.8) is 0 Å². The van der Waals surface area contributed by atoms with Crippen molar-refractivity contribution in [1.29, 1.82) is 0 Å². The zero-order valence-electron chi connectivity index (χ0n) is 6.49. The summed E-state index contributed by atoms with van der Waals surface area (Å²) in [5.41, 5.74) is 0. The van der Waals surface area contributed by atoms with Gasteiger partial charge in [-0.1, -0.05) is 31.9 Å². The quantitative estimate of drug-likeness (QED) is 0.613. The second-order valence-corrected chi connectivity index (χ2v) is 3.95. The summed E-state index contributed by atoms with van der Waals surface area (Å²) >= 11 is 6.16. The molecule has 0 bridgehead atoms. The Bertz CT molecular complexity index is 304. The Hall–Kier alpha value is -0.160. The molecule has 0 heterocycles. The lowest BCUT2D eigenvalue weighted by molar-refractivity contribution is 0.317. The van der Waals surface area contributed by atoms with Crippen LogP contribution in [0.5, 0.6) is 5.75 Å². The molecule has 1 rings (SSSR count). The lowest BCUT2D eigenvalue weighted by Gasteiger charge is -2.06. The molecule has 0 fully saturated rings. The molecule has 0 saturated carbocycles. The van der Waals surface area contributed by atoms with Gasteiger partial charge in [0.15, 0.2) is 11.6 Å². The Kier molecular flexibility index (Phi) is 4.12. The lowest BCUT2D eigenvalue weighted by Crippen LogP contribution is -2.01. The molecule has 0 spiro atoms. The van der Waals surface area contributed by atoms with Gasteiger partial charge in [-0.25, -0.2) is 4.39 Å². The van der Waals surface area contributed by atoms with Crippen LogP contribution in [0.3, 0.4) is 0 Å². The van der Waals surface area contributed by atoms with Gasteiger partial charge in [-0.15, -0.1) is 0 Å². The number of hydrogen-bond acceptors (Lipinski definition) is 1. The second-order valence-electron chi connectivity index (χ2n) is 2.24. The average molecular weight is 316 g/mol. The number of hydrogen-bond donors (Lipinski definition) is 0. The third-order valence-corrected chi connectivity index (χ3v) is 2.08. The highest BCUT2D eigenvalue weighted by Gasteiger charge is 2.10. The SMILES string of the molecule is Fc1cc(Br)cc(OCCBr)c1F. The van der Waals surface area contributed by atoms with Crippen LogP contribution in [0.4, 0.5) is 8.78 Å². The van der Waals surface area contributed by atoms with Gasteiger partial charge in [0, 0.05) is 9.80 Å². The molecule has 0 N–H and O–H groups in total. The van der Waals surface area contributed by atoms with Crippen molar-refractivity contribution in [1.82, 2.24) is 0 Å². The number of halogens is 4. The maximum absolute atomic E-state index is 13.0. The van der Waals surface area contributed by atoms with E-state index in [0.717, 1.165) is 6.07 Å². The van der Waals surface area contributed by atoms with Gasteiger partial charge in [0.25, 0.3) is 0 Å². The number of ether oxygens (including phenoxy) is 1. The van der Waals surface area contributed by atoms with Crippen LogP contribution in [0, 0.1) is 11.6 Å². The molecule has 1 aromatic rings. The maximum Gasteiger partial charge on any atom is 0.200 e. The van der Waals surface area contributed by atoms with E-state index in [1.807, 2.05) is 0 Å². The molecule has 13 heavy (non-hydrogen) atoms. The highest BCUT2D eigenvalue weighted by Crippen LogP contribution is 2.25. The molecular weight excluding hydrogens is 310 g/mol. The summed E-state index contributed by atoms with van der Waals surface area (Å²) in [4.78, 5) is 0. The molecule has 0 unspecified atom stereocenters. The first-order valence-corrected chi connectivity index (χ1v) is 5.40. The first kappa shape index (κ1) is 10.9. The van der Waals surface area contributed by atoms with E-state index in [0.29, 0.717) is 16.4 Å². The van der Waals surface area contributed by atoms with Crippen molar-refractivity contribution in [2.45, 2.75) is 0 Å². The fraction of sp³-hybridized carbons (Fsp3) is 0.250. The largest absolute Gasteiger partial charge is 0.489 e. The molecule has 72 valence electrons. The summed E-state index contributed by atoms with van der Waals surface area (Å²) < 4.78 is 31.1. The van der Waals surface area contributed by atoms with Crippen LogP contribution in [-0.2, 0) is 0 Å². The molecule has 0 aliphatic rings. The van der Waals surface area contributed by atoms with Gasteiger partial charge in [0.1, 0.15) is 0 Å². The number of rotatable bonds is 3. The van der Waals surface area contributed by atoms with Crippen LogP contribution < -0.4 is 4.74 Å². The van der Waals surface area contributed by atoms with Gasteiger partial charge in [-0.05, 0) is 12.1 Å². The van der Waals surface area contributed by atoms with Crippen LogP contribution in [-0.4, -0.2) is 11.9 Å². The Balaban J connectivity index is 2.92. The normalized spacial score (nSPS) is 10.2. The minimum absolute atomic E-state index is 0.0775. The van der Waals surface area contributed by atoms with Crippen LogP contribution >= 0.6 is 31.9 Å². The van der Waals surface area contributed by atoms with E-state index in [1.165, 1.54) is 6.07 Å². The summed E-state index contributed by atoms with van der Waals surface area (Å²) in [5, 5.41) is 0.570. The summed E-state index contributed by atoms with van der Waals surface area (Å²) in [6, 6.07) is 2.44. The second kappa shape index (κ2) is 4.91. The van der Waals surface area contributed by atoms with Crippen LogP contribution in [0.2, 0.25) is 0 Å². The fourth-order valence-electron chi connectivity index (χ4n) is 0.786. The van der Waals surface area contributed by atoms with Gasteiger partial charge in [-0.3, -0.25) is 0 Å². The van der Waals surface area contributed by atoms with E-state index >= 15 is 0 Å². The summed E-state index contributed by atoms with van der Waals surface area (Å²) in [5.74, 6) is -1.95. The van der Waals surface area contributed by atoms with Gasteiger partial charge in [0.05, 0.1) is 6.61 Å². The molecule has 5 heteroatoms. The smallest absolute Gasteiger partial charge is 0.200 e. The Morgan fingerprint density at radius 2 is 2.00 bits per heavy atom. The summed E-state index contributed by atoms with van der Waals surface area (Å²) in [6.07, 6.45) is 0. The maximum atomic E-state index is 13.0. The molecule has 0 saturated heterocycles. The zero-order valence-corrected chi connectivity index (χ0v) is 9.66. The van der Waals surface area contributed by atoms with Crippen molar-refractivity contribution in [2.75, 3.05) is 11.9 Å². The zero-order chi connectivity index (χ0) is 9.84. The minimum atomic E-state index is -0.954. The first-order valence-electron chi connectivity index (χ1n) is 3.48. The topological polar surface area (TPSA) is 9.23 Å². The monoisotopic (exact) mass is 314 g/mol. The summed E-state index contributed by atoms with van der Waals surface area (Å²) in [7, 11) is 0. The van der Waals surface area contributed by atoms with E-state index in [1.54, 1.807) is 0 Å². The van der Waals surface area contributed by atoms with Crippen molar-refractivity contribution in [3.8, 4) is 5.75 Å². The molecule has 0 radical (unpaired) electrons. The highest BCUT2D eigenvalue weighted by molar-refractivity contribution is 9.10. The Morgan fingerprint density at radius 3 is 2.62 bits per heavy atom. The van der Waals surface area contributed by atoms with E-state index in [9.17, 15) is 8.78 Å². The summed E-state index contributed by atoms with van der Waals surface area (Å²) in [6.45, 7) is 0.298. The molecule has 0 amide bonds. The minimum Gasteiger partial charge on any atom is -0.489 e. The highest BCUT2D eigenvalue weighted by atomic mass is 79.9. The molecule has 0 aliphatic carbocycles. The molecule has 1 aromatic carbocycles. The lowest BCUT2D eigenvalue weighted by atomic mass is 10.3. The van der Waals surface area contributed by atoms with Gasteiger partial charge >= 0.3 is 0 Å². The van der Waals surface area contributed by atoms with E-state index in [2.05, 4.69) is 31.9 Å². The standard InChI is InChI=1S/C8H6Br2F2O/c9-1-2-13-7-4-5(10)3-6(11)8(7)12/h3-4H,1-2H2. The average Bonchev–Trinajstić information content (AvgIpc) is 2.09. The third-order valence-electron chi connectivity index (χ3n) is 1.29. The van der Waals surface area contributed by atoms with Crippen molar-refractivity contribution < 1.29 is 13.5 Å².